The molecule has 1 atom stereocenters. The molecule has 2 heterocycles. The lowest BCUT2D eigenvalue weighted by Crippen LogP contribution is -2.47. The van der Waals surface area contributed by atoms with Gasteiger partial charge in [-0.15, -0.1) is 0 Å². The summed E-state index contributed by atoms with van der Waals surface area (Å²) in [6.45, 7) is 2.75. The van der Waals surface area contributed by atoms with E-state index in [1.807, 2.05) is 4.90 Å². The van der Waals surface area contributed by atoms with Crippen LogP contribution in [-0.2, 0) is 4.74 Å². The molecule has 0 radical (unpaired) electrons. The van der Waals surface area contributed by atoms with Crippen molar-refractivity contribution in [2.45, 2.75) is 13.0 Å². The van der Waals surface area contributed by atoms with Crippen molar-refractivity contribution in [1.82, 2.24) is 4.90 Å². The Labute approximate surface area is 144 Å². The largest absolute Gasteiger partial charge is 0.427 e. The van der Waals surface area contributed by atoms with Gasteiger partial charge in [-0.25, -0.2) is 0 Å². The van der Waals surface area contributed by atoms with Crippen LogP contribution >= 0.6 is 0 Å². The van der Waals surface area contributed by atoms with E-state index in [2.05, 4.69) is 9.64 Å². The van der Waals surface area contributed by atoms with Crippen molar-refractivity contribution in [2.24, 2.45) is 5.92 Å². The van der Waals surface area contributed by atoms with Crippen molar-refractivity contribution in [3.05, 3.63) is 28.3 Å². The quantitative estimate of drug-likeness (QED) is 0.575. The molecule has 1 unspecified atom stereocenters. The summed E-state index contributed by atoms with van der Waals surface area (Å²) in [6, 6.07) is 4.12. The summed E-state index contributed by atoms with van der Waals surface area (Å²) in [5, 5.41) is 10.9. The predicted octanol–water partition coefficient (Wildman–Crippen LogP) is 2.35. The maximum Gasteiger partial charge on any atom is 0.387 e. The number of halogens is 2. The Hall–Kier alpha value is -2.00. The molecule has 0 N–H and O–H groups in total. The van der Waals surface area contributed by atoms with Gasteiger partial charge >= 0.3 is 12.3 Å². The molecule has 0 aliphatic carbocycles. The molecule has 7 nitrogen and oxygen atoms in total. The van der Waals surface area contributed by atoms with Gasteiger partial charge in [-0.3, -0.25) is 15.0 Å². The summed E-state index contributed by atoms with van der Waals surface area (Å²) < 4.78 is 34.7. The summed E-state index contributed by atoms with van der Waals surface area (Å²) in [6.07, 6.45) is 1.09. The Morgan fingerprint density at radius 1 is 1.32 bits per heavy atom. The van der Waals surface area contributed by atoms with Crippen LogP contribution in [0.3, 0.4) is 0 Å². The second kappa shape index (κ2) is 7.92. The number of alkyl halides is 2. The molecule has 0 amide bonds. The highest BCUT2D eigenvalue weighted by atomic mass is 19.3. The van der Waals surface area contributed by atoms with Gasteiger partial charge in [0.05, 0.1) is 11.5 Å². The Balaban J connectivity index is 1.63. The first-order chi connectivity index (χ1) is 12.0. The van der Waals surface area contributed by atoms with Crippen LogP contribution in [0, 0.1) is 16.0 Å². The van der Waals surface area contributed by atoms with E-state index in [9.17, 15) is 18.9 Å². The van der Waals surface area contributed by atoms with Crippen molar-refractivity contribution in [2.75, 3.05) is 50.8 Å². The zero-order chi connectivity index (χ0) is 17.8. The van der Waals surface area contributed by atoms with Crippen LogP contribution in [0.2, 0.25) is 0 Å². The molecule has 0 spiro atoms. The number of nitrogens with zero attached hydrogens (tertiary/aromatic N) is 3. The van der Waals surface area contributed by atoms with Crippen LogP contribution < -0.4 is 9.64 Å². The van der Waals surface area contributed by atoms with Crippen LogP contribution in [0.4, 0.5) is 20.2 Å². The molecule has 2 saturated heterocycles. The number of hydrogen-bond donors (Lipinski definition) is 0. The molecule has 1 aromatic carbocycles. The predicted molar refractivity (Wildman–Crippen MR) is 87.3 cm³/mol. The molecule has 0 bridgehead atoms. The first-order valence-electron chi connectivity index (χ1n) is 8.31. The molecule has 2 fully saturated rings. The fraction of sp³-hybridized carbons (Fsp3) is 0.625. The van der Waals surface area contributed by atoms with E-state index >= 15 is 0 Å². The highest BCUT2D eigenvalue weighted by molar-refractivity contribution is 5.59. The summed E-state index contributed by atoms with van der Waals surface area (Å²) in [5.74, 6) is 0.181. The van der Waals surface area contributed by atoms with Gasteiger partial charge in [0.2, 0.25) is 5.75 Å². The topological polar surface area (TPSA) is 68.1 Å². The number of ether oxygens (including phenoxy) is 2. The fourth-order valence-corrected chi connectivity index (χ4v) is 3.32. The molecular weight excluding hydrogens is 336 g/mol. The molecule has 2 aliphatic rings. The molecule has 25 heavy (non-hydrogen) atoms. The van der Waals surface area contributed by atoms with E-state index < -0.39 is 23.0 Å². The van der Waals surface area contributed by atoms with Crippen LogP contribution in [0.25, 0.3) is 0 Å². The molecule has 0 aromatic heterocycles. The Morgan fingerprint density at radius 2 is 2.08 bits per heavy atom. The van der Waals surface area contributed by atoms with Gasteiger partial charge in [-0.2, -0.15) is 8.78 Å². The third kappa shape index (κ3) is 4.55. The van der Waals surface area contributed by atoms with Crippen LogP contribution in [0.5, 0.6) is 5.75 Å². The van der Waals surface area contributed by atoms with Gasteiger partial charge in [0.15, 0.2) is 0 Å². The van der Waals surface area contributed by atoms with Crippen molar-refractivity contribution >= 4 is 11.4 Å². The fourth-order valence-electron chi connectivity index (χ4n) is 3.32. The summed E-state index contributed by atoms with van der Waals surface area (Å²) in [5.41, 5.74) is 0.203. The maximum absolute atomic E-state index is 12.5. The van der Waals surface area contributed by atoms with Gasteiger partial charge in [0.25, 0.3) is 0 Å². The SMILES string of the molecule is O=[N+]([O-])c1ccc(N2CCN(CC3CCOC3)CC2)cc1OC(F)F. The van der Waals surface area contributed by atoms with Crippen LogP contribution in [0.15, 0.2) is 18.2 Å². The molecular formula is C16H21F2N3O4. The lowest BCUT2D eigenvalue weighted by molar-refractivity contribution is -0.386. The maximum atomic E-state index is 12.5. The van der Waals surface area contributed by atoms with E-state index in [-0.39, 0.29) is 0 Å². The van der Waals surface area contributed by atoms with Gasteiger partial charge in [-0.05, 0) is 18.4 Å². The molecule has 3 rings (SSSR count). The Morgan fingerprint density at radius 3 is 2.68 bits per heavy atom. The average Bonchev–Trinajstić information content (AvgIpc) is 3.07. The smallest absolute Gasteiger partial charge is 0.387 e. The van der Waals surface area contributed by atoms with Crippen molar-refractivity contribution in [1.29, 1.82) is 0 Å². The standard InChI is InChI=1S/C16H21F2N3O4/c17-16(18)25-15-9-13(1-2-14(15)21(22)23)20-6-4-19(5-7-20)10-12-3-8-24-11-12/h1-2,9,12,16H,3-8,10-11H2. The number of nitro groups is 1. The Bertz CT molecular complexity index is 603. The molecule has 1 aromatic rings. The van der Waals surface area contributed by atoms with Crippen molar-refractivity contribution < 1.29 is 23.2 Å². The third-order valence-electron chi connectivity index (χ3n) is 4.63. The molecule has 9 heteroatoms. The second-order valence-corrected chi connectivity index (χ2v) is 6.30. The lowest BCUT2D eigenvalue weighted by Gasteiger charge is -2.37. The van der Waals surface area contributed by atoms with E-state index in [1.165, 1.54) is 12.1 Å². The number of nitro benzene ring substituents is 1. The third-order valence-corrected chi connectivity index (χ3v) is 4.63. The highest BCUT2D eigenvalue weighted by Crippen LogP contribution is 2.33. The van der Waals surface area contributed by atoms with Gasteiger partial charge in [-0.1, -0.05) is 0 Å². The number of benzene rings is 1. The highest BCUT2D eigenvalue weighted by Gasteiger charge is 2.25. The zero-order valence-corrected chi connectivity index (χ0v) is 13.8. The summed E-state index contributed by atoms with van der Waals surface area (Å²) >= 11 is 0. The minimum absolute atomic E-state index is 0.400. The molecule has 0 saturated carbocycles. The van der Waals surface area contributed by atoms with Crippen LogP contribution in [0.1, 0.15) is 6.42 Å². The first kappa shape index (κ1) is 17.8. The second-order valence-electron chi connectivity index (χ2n) is 6.30. The number of piperazine rings is 1. The number of anilines is 1. The minimum Gasteiger partial charge on any atom is -0.427 e. The van der Waals surface area contributed by atoms with E-state index in [0.717, 1.165) is 52.4 Å². The average molecular weight is 357 g/mol. The normalized spacial score (nSPS) is 21.7. The van der Waals surface area contributed by atoms with Gasteiger partial charge in [0, 0.05) is 57.2 Å². The number of rotatable bonds is 6. The van der Waals surface area contributed by atoms with Gasteiger partial charge in [0.1, 0.15) is 0 Å². The van der Waals surface area contributed by atoms with E-state index in [4.69, 9.17) is 4.74 Å². The minimum atomic E-state index is -3.10. The van der Waals surface area contributed by atoms with E-state index in [0.29, 0.717) is 11.6 Å². The monoisotopic (exact) mass is 357 g/mol. The zero-order valence-electron chi connectivity index (χ0n) is 13.8. The van der Waals surface area contributed by atoms with Crippen molar-refractivity contribution in [3.8, 4) is 5.75 Å². The molecule has 2 aliphatic heterocycles. The first-order valence-corrected chi connectivity index (χ1v) is 8.31. The summed E-state index contributed by atoms with van der Waals surface area (Å²) in [7, 11) is 0. The Kier molecular flexibility index (Phi) is 5.64. The molecule has 138 valence electrons. The van der Waals surface area contributed by atoms with Crippen molar-refractivity contribution in [3.63, 3.8) is 0 Å². The number of hydrogen-bond acceptors (Lipinski definition) is 6. The van der Waals surface area contributed by atoms with Crippen LogP contribution in [-0.4, -0.2) is 62.4 Å². The summed E-state index contributed by atoms with van der Waals surface area (Å²) in [4.78, 5) is 14.6. The van der Waals surface area contributed by atoms with E-state index in [1.54, 1.807) is 6.07 Å². The lowest BCUT2D eigenvalue weighted by atomic mass is 10.1. The van der Waals surface area contributed by atoms with Gasteiger partial charge < -0.3 is 14.4 Å².